The summed E-state index contributed by atoms with van der Waals surface area (Å²) in [6, 6.07) is 6.57. The number of rotatable bonds is 6. The van der Waals surface area contributed by atoms with Gasteiger partial charge in [0.25, 0.3) is 11.8 Å². The molecule has 2 heterocycles. The molecule has 0 atom stereocenters. The maximum Gasteiger partial charge on any atom is 0.322 e. The van der Waals surface area contributed by atoms with Crippen LogP contribution in [-0.4, -0.2) is 47.5 Å². The third-order valence-corrected chi connectivity index (χ3v) is 6.11. The molecule has 1 aliphatic heterocycles. The minimum Gasteiger partial charge on any atom is -0.480 e. The molecule has 1 aromatic heterocycles. The maximum absolute atomic E-state index is 12.6. The topological polar surface area (TPSA) is 115 Å². The molecule has 2 amide bonds. The predicted molar refractivity (Wildman–Crippen MR) is 112 cm³/mol. The number of carboxylic acids is 1. The number of nitrogens with one attached hydrogen (secondary N) is 3. The Balaban J connectivity index is 1.86. The van der Waals surface area contributed by atoms with Gasteiger partial charge >= 0.3 is 5.97 Å². The Morgan fingerprint density at radius 3 is 2.43 bits per heavy atom. The molecule has 3 rings (SSSR count). The molecular formula is C18H18Br2N4O4. The van der Waals surface area contributed by atoms with Crippen molar-refractivity contribution in [3.8, 4) is 0 Å². The van der Waals surface area contributed by atoms with E-state index in [4.69, 9.17) is 5.11 Å². The van der Waals surface area contributed by atoms with Crippen LogP contribution in [0.2, 0.25) is 0 Å². The SMILES string of the molecule is O=C(O)CNC(=O)c1ccc(NC(=O)c2cc(Br)c(Br)[nH]2)c(N2CCCC2)c1. The largest absolute Gasteiger partial charge is 0.480 e. The van der Waals surface area contributed by atoms with Gasteiger partial charge in [-0.2, -0.15) is 0 Å². The lowest BCUT2D eigenvalue weighted by Crippen LogP contribution is -2.29. The number of hydrogen-bond acceptors (Lipinski definition) is 4. The van der Waals surface area contributed by atoms with Gasteiger partial charge in [0, 0.05) is 18.7 Å². The van der Waals surface area contributed by atoms with E-state index in [2.05, 4.69) is 52.4 Å². The number of benzene rings is 1. The molecule has 148 valence electrons. The van der Waals surface area contributed by atoms with Crippen LogP contribution in [0.15, 0.2) is 33.3 Å². The summed E-state index contributed by atoms with van der Waals surface area (Å²) in [6.45, 7) is 1.19. The Labute approximate surface area is 177 Å². The summed E-state index contributed by atoms with van der Waals surface area (Å²) in [5.41, 5.74) is 2.04. The van der Waals surface area contributed by atoms with E-state index in [9.17, 15) is 14.4 Å². The van der Waals surface area contributed by atoms with Gasteiger partial charge in [0.1, 0.15) is 12.2 Å². The van der Waals surface area contributed by atoms with E-state index in [1.54, 1.807) is 24.3 Å². The number of carboxylic acid groups (broad SMARTS) is 1. The van der Waals surface area contributed by atoms with Crippen molar-refractivity contribution in [2.24, 2.45) is 0 Å². The standard InChI is InChI=1S/C18H18Br2N4O4/c19-11-8-13(22-16(11)20)18(28)23-12-4-3-10(17(27)21-9-15(25)26)7-14(12)24-5-1-2-6-24/h3-4,7-8,22H,1-2,5-6,9H2,(H,21,27)(H,23,28)(H,25,26). The molecule has 0 spiro atoms. The molecule has 2 aromatic rings. The average molecular weight is 514 g/mol. The Hall–Kier alpha value is -2.33. The number of aliphatic carboxylic acids is 1. The zero-order valence-corrected chi connectivity index (χ0v) is 17.9. The van der Waals surface area contributed by atoms with Crippen molar-refractivity contribution in [1.29, 1.82) is 0 Å². The molecule has 1 saturated heterocycles. The number of anilines is 2. The number of halogens is 2. The van der Waals surface area contributed by atoms with E-state index < -0.39 is 18.4 Å². The summed E-state index contributed by atoms with van der Waals surface area (Å²) >= 11 is 6.65. The normalized spacial score (nSPS) is 13.4. The van der Waals surface area contributed by atoms with E-state index in [1.165, 1.54) is 0 Å². The van der Waals surface area contributed by atoms with Gasteiger partial charge in [-0.3, -0.25) is 14.4 Å². The molecule has 1 fully saturated rings. The van der Waals surface area contributed by atoms with Crippen LogP contribution in [0, 0.1) is 0 Å². The van der Waals surface area contributed by atoms with Gasteiger partial charge < -0.3 is 25.6 Å². The van der Waals surface area contributed by atoms with Crippen molar-refractivity contribution in [1.82, 2.24) is 10.3 Å². The molecule has 0 radical (unpaired) electrons. The van der Waals surface area contributed by atoms with Crippen LogP contribution in [0.4, 0.5) is 11.4 Å². The highest BCUT2D eigenvalue weighted by Gasteiger charge is 2.20. The first kappa shape index (κ1) is 20.4. The summed E-state index contributed by atoms with van der Waals surface area (Å²) in [5.74, 6) is -1.90. The van der Waals surface area contributed by atoms with Crippen molar-refractivity contribution in [2.45, 2.75) is 12.8 Å². The third kappa shape index (κ3) is 4.74. The molecule has 1 aliphatic rings. The van der Waals surface area contributed by atoms with Gasteiger partial charge in [-0.15, -0.1) is 0 Å². The zero-order chi connectivity index (χ0) is 20.3. The quantitative estimate of drug-likeness (QED) is 0.473. The molecule has 1 aromatic carbocycles. The number of aromatic amines is 1. The van der Waals surface area contributed by atoms with E-state index in [0.29, 0.717) is 21.5 Å². The average Bonchev–Trinajstić information content (AvgIpc) is 3.30. The lowest BCUT2D eigenvalue weighted by Gasteiger charge is -2.22. The fraction of sp³-hybridized carbons (Fsp3) is 0.278. The van der Waals surface area contributed by atoms with Gasteiger partial charge in [0.15, 0.2) is 0 Å². The second-order valence-corrected chi connectivity index (χ2v) is 7.95. The molecule has 4 N–H and O–H groups in total. The van der Waals surface area contributed by atoms with Gasteiger partial charge in [-0.1, -0.05) is 0 Å². The Morgan fingerprint density at radius 2 is 1.82 bits per heavy atom. The lowest BCUT2D eigenvalue weighted by atomic mass is 10.1. The number of amides is 2. The molecule has 0 bridgehead atoms. The van der Waals surface area contributed by atoms with E-state index in [1.807, 2.05) is 0 Å². The minimum absolute atomic E-state index is 0.310. The fourth-order valence-corrected chi connectivity index (χ4v) is 3.63. The number of hydrogen-bond donors (Lipinski definition) is 4. The van der Waals surface area contributed by atoms with Gasteiger partial charge in [-0.25, -0.2) is 0 Å². The molecule has 0 saturated carbocycles. The summed E-state index contributed by atoms with van der Waals surface area (Å²) in [5, 5.41) is 14.0. The van der Waals surface area contributed by atoms with Crippen LogP contribution in [0.5, 0.6) is 0 Å². The third-order valence-electron chi connectivity index (χ3n) is 4.32. The summed E-state index contributed by atoms with van der Waals surface area (Å²) in [4.78, 5) is 40.5. The lowest BCUT2D eigenvalue weighted by molar-refractivity contribution is -0.135. The van der Waals surface area contributed by atoms with Crippen LogP contribution in [-0.2, 0) is 4.79 Å². The van der Waals surface area contributed by atoms with Crippen LogP contribution in [0.25, 0.3) is 0 Å². The smallest absolute Gasteiger partial charge is 0.322 e. The molecule has 10 heteroatoms. The van der Waals surface area contributed by atoms with Crippen molar-refractivity contribution >= 4 is 61.0 Å². The fourth-order valence-electron chi connectivity index (χ4n) is 2.97. The van der Waals surface area contributed by atoms with Gasteiger partial charge in [0.05, 0.1) is 20.5 Å². The molecule has 0 unspecified atom stereocenters. The second kappa shape index (κ2) is 8.78. The Kier molecular flexibility index (Phi) is 6.40. The number of nitrogens with zero attached hydrogens (tertiary/aromatic N) is 1. The van der Waals surface area contributed by atoms with E-state index in [0.717, 1.165) is 36.1 Å². The first-order valence-corrected chi connectivity index (χ1v) is 10.2. The molecule has 0 aliphatic carbocycles. The highest BCUT2D eigenvalue weighted by Crippen LogP contribution is 2.31. The van der Waals surface area contributed by atoms with E-state index >= 15 is 0 Å². The number of aromatic nitrogens is 1. The highest BCUT2D eigenvalue weighted by molar-refractivity contribution is 9.13. The van der Waals surface area contributed by atoms with Gasteiger partial charge in [-0.05, 0) is 69.0 Å². The van der Waals surface area contributed by atoms with Crippen LogP contribution >= 0.6 is 31.9 Å². The van der Waals surface area contributed by atoms with Crippen LogP contribution in [0.1, 0.15) is 33.7 Å². The zero-order valence-electron chi connectivity index (χ0n) is 14.7. The van der Waals surface area contributed by atoms with Crippen molar-refractivity contribution in [2.75, 3.05) is 29.9 Å². The van der Waals surface area contributed by atoms with Crippen molar-refractivity contribution in [3.05, 3.63) is 44.6 Å². The molecule has 8 nitrogen and oxygen atoms in total. The molecule has 28 heavy (non-hydrogen) atoms. The summed E-state index contributed by atoms with van der Waals surface area (Å²) in [6.07, 6.45) is 2.05. The molecular weight excluding hydrogens is 496 g/mol. The van der Waals surface area contributed by atoms with Crippen LogP contribution < -0.4 is 15.5 Å². The first-order valence-electron chi connectivity index (χ1n) is 8.59. The van der Waals surface area contributed by atoms with Crippen LogP contribution in [0.3, 0.4) is 0 Å². The number of carbonyl (C=O) groups excluding carboxylic acids is 2. The van der Waals surface area contributed by atoms with Crippen molar-refractivity contribution < 1.29 is 19.5 Å². The first-order chi connectivity index (χ1) is 13.3. The predicted octanol–water partition coefficient (Wildman–Crippen LogP) is 3.21. The monoisotopic (exact) mass is 512 g/mol. The maximum atomic E-state index is 12.6. The summed E-state index contributed by atoms with van der Waals surface area (Å²) < 4.78 is 1.41. The van der Waals surface area contributed by atoms with E-state index in [-0.39, 0.29) is 5.91 Å². The second-order valence-electron chi connectivity index (χ2n) is 6.30. The summed E-state index contributed by atoms with van der Waals surface area (Å²) in [7, 11) is 0. The number of carbonyl (C=O) groups is 3. The van der Waals surface area contributed by atoms with Gasteiger partial charge in [0.2, 0.25) is 0 Å². The number of H-pyrrole nitrogens is 1. The minimum atomic E-state index is -1.11. The van der Waals surface area contributed by atoms with Crippen molar-refractivity contribution in [3.63, 3.8) is 0 Å². The Bertz CT molecular complexity index is 903. The highest BCUT2D eigenvalue weighted by atomic mass is 79.9. The Morgan fingerprint density at radius 1 is 1.11 bits per heavy atom.